The maximum absolute atomic E-state index is 12.5. The minimum Gasteiger partial charge on any atom is -0.337 e. The summed E-state index contributed by atoms with van der Waals surface area (Å²) in [5.41, 5.74) is 1.65. The van der Waals surface area contributed by atoms with Gasteiger partial charge in [0, 0.05) is 25.4 Å². The number of nitrogens with zero attached hydrogens (tertiary/aromatic N) is 2. The molecule has 0 unspecified atom stereocenters. The molecule has 0 bridgehead atoms. The number of hydrogen-bond acceptors (Lipinski definition) is 4. The molecule has 0 radical (unpaired) electrons. The molecule has 0 saturated carbocycles. The van der Waals surface area contributed by atoms with Crippen molar-refractivity contribution in [2.45, 2.75) is 11.4 Å². The van der Waals surface area contributed by atoms with Crippen LogP contribution in [0.2, 0.25) is 5.02 Å². The Morgan fingerprint density at radius 2 is 1.83 bits per heavy atom. The molecule has 0 aliphatic heterocycles. The topological polar surface area (TPSA) is 78.2 Å². The zero-order chi connectivity index (χ0) is 17.9. The maximum Gasteiger partial charge on any atom is 0.253 e. The summed E-state index contributed by atoms with van der Waals surface area (Å²) in [5, 5.41) is 8.87. The third kappa shape index (κ3) is 4.13. The number of carbonyl (C=O) groups is 1. The molecule has 124 valence electrons. The first-order chi connectivity index (χ1) is 11.2. The van der Waals surface area contributed by atoms with E-state index >= 15 is 0 Å². The van der Waals surface area contributed by atoms with E-state index in [9.17, 15) is 13.2 Å². The Labute approximate surface area is 146 Å². The molecule has 0 fully saturated rings. The summed E-state index contributed by atoms with van der Waals surface area (Å²) in [6, 6.07) is 13.1. The van der Waals surface area contributed by atoms with Crippen molar-refractivity contribution in [1.29, 1.82) is 5.26 Å². The number of amides is 1. The lowest BCUT2D eigenvalue weighted by Crippen LogP contribution is -2.26. The summed E-state index contributed by atoms with van der Waals surface area (Å²) in [7, 11) is -1.89. The van der Waals surface area contributed by atoms with Gasteiger partial charge in [-0.1, -0.05) is 23.7 Å². The molecule has 2 aromatic rings. The fourth-order valence-corrected chi connectivity index (χ4v) is 3.47. The van der Waals surface area contributed by atoms with E-state index in [1.54, 1.807) is 31.3 Å². The van der Waals surface area contributed by atoms with Crippen LogP contribution in [0.25, 0.3) is 0 Å². The summed E-state index contributed by atoms with van der Waals surface area (Å²) >= 11 is 5.89. The Morgan fingerprint density at radius 3 is 2.38 bits per heavy atom. The molecular formula is C17H15ClN2O3S. The zero-order valence-corrected chi connectivity index (χ0v) is 14.7. The van der Waals surface area contributed by atoms with Gasteiger partial charge in [-0.15, -0.1) is 0 Å². The van der Waals surface area contributed by atoms with Gasteiger partial charge in [0.15, 0.2) is 9.84 Å². The average Bonchev–Trinajstić information content (AvgIpc) is 2.54. The summed E-state index contributed by atoms with van der Waals surface area (Å²) in [5.74, 6) is -0.319. The number of benzene rings is 2. The number of rotatable bonds is 4. The van der Waals surface area contributed by atoms with Crippen LogP contribution < -0.4 is 0 Å². The van der Waals surface area contributed by atoms with Crippen molar-refractivity contribution in [1.82, 2.24) is 4.90 Å². The summed E-state index contributed by atoms with van der Waals surface area (Å²) in [6.07, 6.45) is 1.04. The van der Waals surface area contributed by atoms with Crippen LogP contribution in [0.3, 0.4) is 0 Å². The van der Waals surface area contributed by atoms with Crippen LogP contribution in [0.5, 0.6) is 0 Å². The summed E-state index contributed by atoms with van der Waals surface area (Å²) in [4.78, 5) is 13.9. The van der Waals surface area contributed by atoms with E-state index in [1.807, 2.05) is 6.07 Å². The Kier molecular flexibility index (Phi) is 5.27. The summed E-state index contributed by atoms with van der Waals surface area (Å²) in [6.45, 7) is 0.335. The Bertz CT molecular complexity index is 916. The van der Waals surface area contributed by atoms with Crippen LogP contribution in [0, 0.1) is 11.3 Å². The van der Waals surface area contributed by atoms with Gasteiger partial charge in [-0.2, -0.15) is 5.26 Å². The fraction of sp³-hybridized carbons (Fsp3) is 0.176. The standard InChI is InChI=1S/C17H15ClN2O3S/c1-20(11-13-5-3-12(10-19)4-6-13)17(21)14-7-8-15(18)16(9-14)24(2,22)23/h3-9H,11H2,1-2H3. The second kappa shape index (κ2) is 7.04. The van der Waals surface area contributed by atoms with Crippen LogP contribution >= 0.6 is 11.6 Å². The highest BCUT2D eigenvalue weighted by molar-refractivity contribution is 7.90. The van der Waals surface area contributed by atoms with Gasteiger partial charge in [-0.3, -0.25) is 4.79 Å². The van der Waals surface area contributed by atoms with Crippen molar-refractivity contribution in [3.8, 4) is 6.07 Å². The molecule has 0 heterocycles. The smallest absolute Gasteiger partial charge is 0.253 e. The van der Waals surface area contributed by atoms with Crippen LogP contribution in [-0.2, 0) is 16.4 Å². The zero-order valence-electron chi connectivity index (χ0n) is 13.2. The molecule has 5 nitrogen and oxygen atoms in total. The largest absolute Gasteiger partial charge is 0.337 e. The van der Waals surface area contributed by atoms with Crippen molar-refractivity contribution >= 4 is 27.3 Å². The SMILES string of the molecule is CN(Cc1ccc(C#N)cc1)C(=O)c1ccc(Cl)c(S(C)(=O)=O)c1. The number of sulfone groups is 1. The molecule has 1 amide bonds. The van der Waals surface area contributed by atoms with Gasteiger partial charge in [0.25, 0.3) is 5.91 Å². The Balaban J connectivity index is 2.23. The molecule has 0 N–H and O–H groups in total. The van der Waals surface area contributed by atoms with Crippen LogP contribution in [0.15, 0.2) is 47.4 Å². The molecule has 0 spiro atoms. The molecule has 0 aliphatic rings. The van der Waals surface area contributed by atoms with E-state index in [2.05, 4.69) is 0 Å². The van der Waals surface area contributed by atoms with Crippen LogP contribution in [-0.4, -0.2) is 32.5 Å². The van der Waals surface area contributed by atoms with Gasteiger partial charge >= 0.3 is 0 Å². The van der Waals surface area contributed by atoms with Gasteiger partial charge < -0.3 is 4.90 Å². The highest BCUT2D eigenvalue weighted by atomic mass is 35.5. The minimum absolute atomic E-state index is 0.0678. The average molecular weight is 363 g/mol. The van der Waals surface area contributed by atoms with Crippen LogP contribution in [0.1, 0.15) is 21.5 Å². The van der Waals surface area contributed by atoms with Gasteiger partial charge in [0.2, 0.25) is 0 Å². The minimum atomic E-state index is -3.52. The number of nitriles is 1. The first-order valence-electron chi connectivity index (χ1n) is 6.96. The highest BCUT2D eigenvalue weighted by Gasteiger charge is 2.18. The van der Waals surface area contributed by atoms with E-state index in [0.717, 1.165) is 11.8 Å². The molecule has 2 aromatic carbocycles. The predicted molar refractivity (Wildman–Crippen MR) is 91.5 cm³/mol. The van der Waals surface area contributed by atoms with Crippen molar-refractivity contribution in [3.05, 3.63) is 64.2 Å². The first-order valence-corrected chi connectivity index (χ1v) is 9.23. The van der Waals surface area contributed by atoms with Gasteiger partial charge in [0.05, 0.1) is 21.6 Å². The third-order valence-electron chi connectivity index (χ3n) is 3.43. The van der Waals surface area contributed by atoms with Crippen molar-refractivity contribution in [2.24, 2.45) is 0 Å². The van der Waals surface area contributed by atoms with E-state index in [1.165, 1.54) is 23.1 Å². The van der Waals surface area contributed by atoms with Gasteiger partial charge in [-0.25, -0.2) is 8.42 Å². The van der Waals surface area contributed by atoms with Crippen molar-refractivity contribution in [3.63, 3.8) is 0 Å². The lowest BCUT2D eigenvalue weighted by Gasteiger charge is -2.18. The number of hydrogen-bond donors (Lipinski definition) is 0. The molecule has 0 aliphatic carbocycles. The van der Waals surface area contributed by atoms with Crippen molar-refractivity contribution < 1.29 is 13.2 Å². The highest BCUT2D eigenvalue weighted by Crippen LogP contribution is 2.23. The molecule has 2 rings (SSSR count). The Morgan fingerprint density at radius 1 is 1.21 bits per heavy atom. The quantitative estimate of drug-likeness (QED) is 0.837. The van der Waals surface area contributed by atoms with Gasteiger partial charge in [0.1, 0.15) is 0 Å². The number of carbonyl (C=O) groups excluding carboxylic acids is 1. The summed E-state index contributed by atoms with van der Waals surface area (Å²) < 4.78 is 23.4. The normalized spacial score (nSPS) is 10.9. The lowest BCUT2D eigenvalue weighted by atomic mass is 10.1. The molecule has 0 aromatic heterocycles. The third-order valence-corrected chi connectivity index (χ3v) is 5.01. The maximum atomic E-state index is 12.5. The molecule has 7 heteroatoms. The molecular weight excluding hydrogens is 348 g/mol. The number of halogens is 1. The van der Waals surface area contributed by atoms with E-state index in [0.29, 0.717) is 12.1 Å². The predicted octanol–water partition coefficient (Wildman–Crippen LogP) is 2.89. The fourth-order valence-electron chi connectivity index (χ4n) is 2.17. The van der Waals surface area contributed by atoms with Crippen LogP contribution in [0.4, 0.5) is 0 Å². The Hall–Kier alpha value is -2.36. The van der Waals surface area contributed by atoms with Gasteiger partial charge in [-0.05, 0) is 35.9 Å². The van der Waals surface area contributed by atoms with E-state index in [4.69, 9.17) is 16.9 Å². The van der Waals surface area contributed by atoms with E-state index in [-0.39, 0.29) is 21.4 Å². The monoisotopic (exact) mass is 362 g/mol. The second-order valence-electron chi connectivity index (χ2n) is 5.39. The molecule has 0 saturated heterocycles. The van der Waals surface area contributed by atoms with Crippen molar-refractivity contribution in [2.75, 3.05) is 13.3 Å². The van der Waals surface area contributed by atoms with E-state index < -0.39 is 9.84 Å². The molecule has 0 atom stereocenters. The second-order valence-corrected chi connectivity index (χ2v) is 7.78. The first kappa shape index (κ1) is 18.0. The lowest BCUT2D eigenvalue weighted by molar-refractivity contribution is 0.0785. The molecule has 24 heavy (non-hydrogen) atoms.